The van der Waals surface area contributed by atoms with Gasteiger partial charge in [-0.3, -0.25) is 19.3 Å². The van der Waals surface area contributed by atoms with Gasteiger partial charge in [0, 0.05) is 44.5 Å². The van der Waals surface area contributed by atoms with Crippen molar-refractivity contribution >= 4 is 17.9 Å². The first-order chi connectivity index (χ1) is 16.9. The van der Waals surface area contributed by atoms with E-state index in [1.807, 2.05) is 6.07 Å². The second-order valence-electron chi connectivity index (χ2n) is 7.73. The number of esters is 1. The Morgan fingerprint density at radius 2 is 1.86 bits per heavy atom. The molecule has 2 aromatic rings. The predicted molar refractivity (Wildman–Crippen MR) is 127 cm³/mol. The van der Waals surface area contributed by atoms with Crippen molar-refractivity contribution in [3.05, 3.63) is 44.7 Å². The molecule has 3 rings (SSSR count). The number of rotatable bonds is 8. The summed E-state index contributed by atoms with van der Waals surface area (Å²) >= 11 is 0. The largest absolute Gasteiger partial charge is 0.494 e. The number of morpholine rings is 1. The van der Waals surface area contributed by atoms with Crippen molar-refractivity contribution in [1.29, 1.82) is 5.26 Å². The summed E-state index contributed by atoms with van der Waals surface area (Å²) in [6.07, 6.45) is 1.31. The first kappa shape index (κ1) is 25.7. The quantitative estimate of drug-likeness (QED) is 0.438. The lowest BCUT2D eigenvalue weighted by atomic mass is 10.1. The molecule has 0 spiro atoms. The second-order valence-corrected chi connectivity index (χ2v) is 7.73. The van der Waals surface area contributed by atoms with E-state index in [-0.39, 0.29) is 40.4 Å². The number of aromatic nitrogens is 1. The number of carbonyl (C=O) groups is 1. The molecule has 0 amide bonds. The Bertz CT molecular complexity index is 1220. The minimum atomic E-state index is -0.646. The van der Waals surface area contributed by atoms with E-state index >= 15 is 0 Å². The maximum atomic E-state index is 12.9. The molecule has 1 N–H and O–H groups in total. The van der Waals surface area contributed by atoms with E-state index in [0.29, 0.717) is 31.3 Å². The first-order valence-electron chi connectivity index (χ1n) is 10.9. The molecule has 1 aromatic heterocycles. The Morgan fingerprint density at radius 1 is 1.20 bits per heavy atom. The van der Waals surface area contributed by atoms with Crippen LogP contribution in [0.25, 0.3) is 0 Å². The summed E-state index contributed by atoms with van der Waals surface area (Å²) in [7, 11) is 4.13. The van der Waals surface area contributed by atoms with Crippen molar-refractivity contribution in [2.24, 2.45) is 4.99 Å². The summed E-state index contributed by atoms with van der Waals surface area (Å²) in [6.45, 7) is 4.89. The van der Waals surface area contributed by atoms with Crippen molar-refractivity contribution < 1.29 is 28.8 Å². The van der Waals surface area contributed by atoms with E-state index < -0.39 is 11.5 Å². The monoisotopic (exact) mass is 484 g/mol. The molecule has 1 aliphatic rings. The molecule has 35 heavy (non-hydrogen) atoms. The molecule has 0 saturated carbocycles. The molecule has 0 atom stereocenters. The zero-order valence-corrected chi connectivity index (χ0v) is 20.2. The van der Waals surface area contributed by atoms with Gasteiger partial charge in [-0.25, -0.2) is 4.79 Å². The van der Waals surface area contributed by atoms with Gasteiger partial charge in [-0.1, -0.05) is 0 Å². The third kappa shape index (κ3) is 5.45. The Hall–Kier alpha value is -3.88. The number of hydrogen-bond donors (Lipinski definition) is 1. The van der Waals surface area contributed by atoms with E-state index in [1.54, 1.807) is 6.92 Å². The average Bonchev–Trinajstić information content (AvgIpc) is 2.88. The van der Waals surface area contributed by atoms with Gasteiger partial charge in [0.05, 0.1) is 51.4 Å². The summed E-state index contributed by atoms with van der Waals surface area (Å²) in [6, 6.07) is 4.86. The maximum Gasteiger partial charge on any atom is 0.340 e. The zero-order valence-electron chi connectivity index (χ0n) is 20.2. The number of hydrogen-bond acceptors (Lipinski definition) is 10. The molecule has 1 saturated heterocycles. The highest BCUT2D eigenvalue weighted by molar-refractivity contribution is 5.98. The Balaban J connectivity index is 2.06. The smallest absolute Gasteiger partial charge is 0.340 e. The van der Waals surface area contributed by atoms with Crippen molar-refractivity contribution in [2.45, 2.75) is 13.5 Å². The Kier molecular flexibility index (Phi) is 8.46. The van der Waals surface area contributed by atoms with Gasteiger partial charge in [0.2, 0.25) is 5.88 Å². The van der Waals surface area contributed by atoms with Crippen LogP contribution >= 0.6 is 0 Å². The van der Waals surface area contributed by atoms with Crippen LogP contribution in [0.3, 0.4) is 0 Å². The standard InChI is InChI=1S/C24H28N4O7/c1-15-17(13-25)22(29)28(6-5-27-7-9-35-10-8-27)23(30)18(15)14-26-19-12-21(33-3)20(32-2)11-16(19)24(31)34-4/h11-12,14,30H,5-10H2,1-4H3. The minimum absolute atomic E-state index is 0.0910. The van der Waals surface area contributed by atoms with Crippen LogP contribution in [0.1, 0.15) is 27.0 Å². The Labute approximate surface area is 202 Å². The van der Waals surface area contributed by atoms with E-state index in [4.69, 9.17) is 18.9 Å². The Morgan fingerprint density at radius 3 is 2.46 bits per heavy atom. The molecule has 2 heterocycles. The van der Waals surface area contributed by atoms with Gasteiger partial charge in [0.1, 0.15) is 11.6 Å². The fraction of sp³-hybridized carbons (Fsp3) is 0.417. The summed E-state index contributed by atoms with van der Waals surface area (Å²) in [5.41, 5.74) is 0.105. The summed E-state index contributed by atoms with van der Waals surface area (Å²) < 4.78 is 21.9. The predicted octanol–water partition coefficient (Wildman–Crippen LogP) is 1.62. The number of nitrogens with zero attached hydrogens (tertiary/aromatic N) is 4. The highest BCUT2D eigenvalue weighted by Gasteiger charge is 2.21. The van der Waals surface area contributed by atoms with Crippen LogP contribution in [0.5, 0.6) is 17.4 Å². The van der Waals surface area contributed by atoms with Crippen LogP contribution < -0.4 is 15.0 Å². The number of pyridine rings is 1. The molecule has 0 radical (unpaired) electrons. The van der Waals surface area contributed by atoms with Gasteiger partial charge < -0.3 is 24.1 Å². The molecule has 0 aliphatic carbocycles. The number of methoxy groups -OCH3 is 3. The molecule has 1 aliphatic heterocycles. The average molecular weight is 485 g/mol. The minimum Gasteiger partial charge on any atom is -0.494 e. The van der Waals surface area contributed by atoms with Crippen LogP contribution in [0.15, 0.2) is 21.9 Å². The van der Waals surface area contributed by atoms with Crippen LogP contribution in [-0.2, 0) is 16.0 Å². The van der Waals surface area contributed by atoms with Gasteiger partial charge >= 0.3 is 5.97 Å². The van der Waals surface area contributed by atoms with Gasteiger partial charge in [-0.2, -0.15) is 5.26 Å². The summed E-state index contributed by atoms with van der Waals surface area (Å²) in [5, 5.41) is 20.6. The second kappa shape index (κ2) is 11.5. The lowest BCUT2D eigenvalue weighted by Crippen LogP contribution is -2.39. The lowest BCUT2D eigenvalue weighted by molar-refractivity contribution is 0.0360. The van der Waals surface area contributed by atoms with Crippen molar-refractivity contribution in [1.82, 2.24) is 9.47 Å². The molecule has 1 fully saturated rings. The van der Waals surface area contributed by atoms with Gasteiger partial charge in [0.25, 0.3) is 5.56 Å². The van der Waals surface area contributed by atoms with Crippen molar-refractivity contribution in [3.63, 3.8) is 0 Å². The van der Waals surface area contributed by atoms with Crippen LogP contribution in [0, 0.1) is 18.3 Å². The maximum absolute atomic E-state index is 12.9. The topological polar surface area (TPSA) is 136 Å². The normalized spacial score (nSPS) is 14.0. The number of ether oxygens (including phenoxy) is 4. The molecule has 0 bridgehead atoms. The molecule has 11 heteroatoms. The molecular weight excluding hydrogens is 456 g/mol. The summed E-state index contributed by atoms with van der Waals surface area (Å²) in [5.74, 6) is -0.313. The highest BCUT2D eigenvalue weighted by atomic mass is 16.5. The van der Waals surface area contributed by atoms with Crippen molar-refractivity contribution in [2.75, 3.05) is 54.2 Å². The third-order valence-corrected chi connectivity index (χ3v) is 5.83. The van der Waals surface area contributed by atoms with E-state index in [9.17, 15) is 20.0 Å². The molecule has 11 nitrogen and oxygen atoms in total. The van der Waals surface area contributed by atoms with Crippen LogP contribution in [0.2, 0.25) is 0 Å². The number of nitriles is 1. The van der Waals surface area contributed by atoms with Gasteiger partial charge in [0.15, 0.2) is 11.5 Å². The van der Waals surface area contributed by atoms with Crippen LogP contribution in [-0.4, -0.2) is 80.9 Å². The lowest BCUT2D eigenvalue weighted by Gasteiger charge is -2.27. The fourth-order valence-electron chi connectivity index (χ4n) is 3.78. The molecule has 186 valence electrons. The molecular formula is C24H28N4O7. The zero-order chi connectivity index (χ0) is 25.5. The SMILES string of the molecule is COC(=O)c1cc(OC)c(OC)cc1N=Cc1c(C)c(C#N)c(=O)n(CCN2CCOCC2)c1O. The first-order valence-corrected chi connectivity index (χ1v) is 10.9. The van der Waals surface area contributed by atoms with Gasteiger partial charge in [-0.05, 0) is 12.5 Å². The number of aromatic hydroxyl groups is 1. The van der Waals surface area contributed by atoms with Gasteiger partial charge in [-0.15, -0.1) is 0 Å². The highest BCUT2D eigenvalue weighted by Crippen LogP contribution is 2.35. The number of carbonyl (C=O) groups excluding carboxylic acids is 1. The van der Waals surface area contributed by atoms with Crippen molar-refractivity contribution in [3.8, 4) is 23.4 Å². The fourth-order valence-corrected chi connectivity index (χ4v) is 3.78. The van der Waals surface area contributed by atoms with E-state index in [0.717, 1.165) is 17.7 Å². The number of benzene rings is 1. The van der Waals surface area contributed by atoms with E-state index in [2.05, 4.69) is 9.89 Å². The molecule has 0 unspecified atom stereocenters. The van der Waals surface area contributed by atoms with Crippen LogP contribution in [0.4, 0.5) is 5.69 Å². The number of aliphatic imine (C=N–C) groups is 1. The summed E-state index contributed by atoms with van der Waals surface area (Å²) in [4.78, 5) is 31.7. The van der Waals surface area contributed by atoms with E-state index in [1.165, 1.54) is 39.7 Å². The molecule has 1 aromatic carbocycles. The third-order valence-electron chi connectivity index (χ3n) is 5.83.